The Morgan fingerprint density at radius 3 is 2.64 bits per heavy atom. The Kier molecular flexibility index (Phi) is 3.92. The second-order valence-electron chi connectivity index (χ2n) is 5.67. The molecule has 2 aliphatic heterocycles. The molecule has 1 aromatic heterocycles. The van der Waals surface area contributed by atoms with Crippen LogP contribution in [-0.4, -0.2) is 57.4 Å². The van der Waals surface area contributed by atoms with Gasteiger partial charge in [-0.05, 0) is 38.1 Å². The van der Waals surface area contributed by atoms with E-state index in [1.165, 1.54) is 12.3 Å². The molecule has 1 spiro atoms. The first-order valence-corrected chi connectivity index (χ1v) is 9.14. The van der Waals surface area contributed by atoms with Crippen LogP contribution in [0.1, 0.15) is 12.8 Å². The van der Waals surface area contributed by atoms with Crippen molar-refractivity contribution in [2.75, 3.05) is 37.4 Å². The van der Waals surface area contributed by atoms with Crippen molar-refractivity contribution in [2.45, 2.75) is 23.3 Å². The first-order valence-electron chi connectivity index (χ1n) is 7.25. The number of rotatable bonds is 2. The van der Waals surface area contributed by atoms with Crippen molar-refractivity contribution in [1.29, 1.82) is 0 Å². The van der Waals surface area contributed by atoms with E-state index < -0.39 is 15.4 Å². The summed E-state index contributed by atoms with van der Waals surface area (Å²) < 4.78 is 28.8. The highest BCUT2D eigenvalue weighted by molar-refractivity contribution is 7.90. The minimum Gasteiger partial charge on any atom is -0.363 e. The van der Waals surface area contributed by atoms with Crippen LogP contribution in [0.4, 0.5) is 5.82 Å². The number of hydrogen-bond donors (Lipinski definition) is 1. The van der Waals surface area contributed by atoms with Gasteiger partial charge in [-0.2, -0.15) is 0 Å². The highest BCUT2D eigenvalue weighted by atomic mass is 32.2. The number of nitrogens with one attached hydrogen (secondary N) is 1. The largest absolute Gasteiger partial charge is 0.363 e. The Morgan fingerprint density at radius 2 is 2.05 bits per heavy atom. The average Bonchev–Trinajstić information content (AvgIpc) is 2.51. The molecule has 0 bridgehead atoms. The van der Waals surface area contributed by atoms with E-state index in [0.29, 0.717) is 31.8 Å². The molecule has 0 atom stereocenters. The van der Waals surface area contributed by atoms with Crippen LogP contribution in [0.15, 0.2) is 23.2 Å². The van der Waals surface area contributed by atoms with Gasteiger partial charge in [0.15, 0.2) is 9.84 Å². The summed E-state index contributed by atoms with van der Waals surface area (Å²) in [5.74, 6) is 0.387. The topological polar surface area (TPSA) is 88.6 Å². The van der Waals surface area contributed by atoms with E-state index in [0.717, 1.165) is 19.3 Å². The van der Waals surface area contributed by atoms with Gasteiger partial charge in [0.25, 0.3) is 5.91 Å². The van der Waals surface area contributed by atoms with Crippen molar-refractivity contribution in [3.8, 4) is 0 Å². The number of amides is 1. The van der Waals surface area contributed by atoms with Gasteiger partial charge >= 0.3 is 0 Å². The lowest BCUT2D eigenvalue weighted by atomic mass is 9.89. The molecule has 0 aromatic carbocycles. The number of anilines is 1. The average molecular weight is 325 g/mol. The molecule has 3 heterocycles. The summed E-state index contributed by atoms with van der Waals surface area (Å²) in [5, 5.41) is 3.22. The van der Waals surface area contributed by atoms with Gasteiger partial charge in [-0.1, -0.05) is 0 Å². The number of nitrogens with zero attached hydrogens (tertiary/aromatic N) is 2. The number of sulfone groups is 1. The fraction of sp³-hybridized carbons (Fsp3) is 0.571. The summed E-state index contributed by atoms with van der Waals surface area (Å²) in [4.78, 5) is 18.7. The van der Waals surface area contributed by atoms with Crippen LogP contribution in [0.5, 0.6) is 0 Å². The van der Waals surface area contributed by atoms with Crippen LogP contribution >= 0.6 is 0 Å². The SMILES string of the molecule is CS(=O)(=O)c1ccc(N2CCOC3(CCNCC3)C2=O)nc1. The lowest BCUT2D eigenvalue weighted by Gasteiger charge is -2.43. The van der Waals surface area contributed by atoms with Crippen LogP contribution in [0.2, 0.25) is 0 Å². The van der Waals surface area contributed by atoms with Gasteiger partial charge in [0, 0.05) is 12.5 Å². The van der Waals surface area contributed by atoms with Crippen LogP contribution in [0.25, 0.3) is 0 Å². The molecule has 0 saturated carbocycles. The zero-order chi connectivity index (χ0) is 15.8. The van der Waals surface area contributed by atoms with Gasteiger partial charge in [-0.15, -0.1) is 0 Å². The number of piperidine rings is 1. The summed E-state index contributed by atoms with van der Waals surface area (Å²) in [7, 11) is -3.29. The highest BCUT2D eigenvalue weighted by Crippen LogP contribution is 2.31. The Morgan fingerprint density at radius 1 is 1.32 bits per heavy atom. The van der Waals surface area contributed by atoms with Crippen LogP contribution in [0, 0.1) is 0 Å². The van der Waals surface area contributed by atoms with E-state index in [1.807, 2.05) is 0 Å². The Bertz CT molecular complexity index is 660. The molecule has 7 nitrogen and oxygen atoms in total. The first kappa shape index (κ1) is 15.4. The van der Waals surface area contributed by atoms with E-state index >= 15 is 0 Å². The van der Waals surface area contributed by atoms with Crippen LogP contribution in [-0.2, 0) is 19.4 Å². The van der Waals surface area contributed by atoms with Crippen LogP contribution < -0.4 is 10.2 Å². The van der Waals surface area contributed by atoms with Gasteiger partial charge in [-0.3, -0.25) is 9.69 Å². The Balaban J connectivity index is 1.86. The molecular formula is C14H19N3O4S. The lowest BCUT2D eigenvalue weighted by Crippen LogP contribution is -2.60. The number of hydrogen-bond acceptors (Lipinski definition) is 6. The van der Waals surface area contributed by atoms with Gasteiger partial charge < -0.3 is 10.1 Å². The third-order valence-corrected chi connectivity index (χ3v) is 5.26. The molecule has 0 aliphatic carbocycles. The maximum Gasteiger partial charge on any atom is 0.260 e. The third kappa shape index (κ3) is 2.73. The highest BCUT2D eigenvalue weighted by Gasteiger charge is 2.46. The van der Waals surface area contributed by atoms with Gasteiger partial charge in [-0.25, -0.2) is 13.4 Å². The fourth-order valence-corrected chi connectivity index (χ4v) is 3.46. The summed E-state index contributed by atoms with van der Waals surface area (Å²) in [6.07, 6.45) is 3.71. The number of carbonyl (C=O) groups is 1. The van der Waals surface area contributed by atoms with Crippen molar-refractivity contribution in [3.05, 3.63) is 18.3 Å². The Hall–Kier alpha value is -1.51. The van der Waals surface area contributed by atoms with Gasteiger partial charge in [0.1, 0.15) is 11.4 Å². The fourth-order valence-electron chi connectivity index (χ4n) is 2.90. The summed E-state index contributed by atoms with van der Waals surface area (Å²) >= 11 is 0. The van der Waals surface area contributed by atoms with Crippen molar-refractivity contribution in [3.63, 3.8) is 0 Å². The smallest absolute Gasteiger partial charge is 0.260 e. The third-order valence-electron chi connectivity index (χ3n) is 4.16. The molecule has 8 heteroatoms. The van der Waals surface area contributed by atoms with Crippen molar-refractivity contribution in [2.24, 2.45) is 0 Å². The second-order valence-corrected chi connectivity index (χ2v) is 7.69. The standard InChI is InChI=1S/C14H19N3O4S/c1-22(19,20)11-2-3-12(16-10-11)17-8-9-21-14(13(17)18)4-6-15-7-5-14/h2-3,10,15H,4-9H2,1H3. The zero-order valence-electron chi connectivity index (χ0n) is 12.4. The molecule has 3 rings (SSSR count). The molecule has 2 aliphatic rings. The molecule has 1 aromatic rings. The molecule has 22 heavy (non-hydrogen) atoms. The summed E-state index contributed by atoms with van der Waals surface area (Å²) in [5.41, 5.74) is -0.763. The van der Waals surface area contributed by atoms with Crippen molar-refractivity contribution in [1.82, 2.24) is 10.3 Å². The van der Waals surface area contributed by atoms with E-state index in [4.69, 9.17) is 4.74 Å². The molecule has 0 unspecified atom stereocenters. The van der Waals surface area contributed by atoms with Crippen molar-refractivity contribution >= 4 is 21.6 Å². The number of carbonyl (C=O) groups excluding carboxylic acids is 1. The monoisotopic (exact) mass is 325 g/mol. The molecule has 120 valence electrons. The molecular weight excluding hydrogens is 306 g/mol. The predicted octanol–water partition coefficient (Wildman–Crippen LogP) is -0.0295. The minimum atomic E-state index is -3.29. The number of pyridine rings is 1. The van der Waals surface area contributed by atoms with Gasteiger partial charge in [0.2, 0.25) is 0 Å². The van der Waals surface area contributed by atoms with E-state index in [9.17, 15) is 13.2 Å². The van der Waals surface area contributed by atoms with E-state index in [2.05, 4.69) is 10.3 Å². The zero-order valence-corrected chi connectivity index (χ0v) is 13.2. The molecule has 0 radical (unpaired) electrons. The number of ether oxygens (including phenoxy) is 1. The van der Waals surface area contributed by atoms with E-state index in [1.54, 1.807) is 11.0 Å². The van der Waals surface area contributed by atoms with Crippen molar-refractivity contribution < 1.29 is 17.9 Å². The quantitative estimate of drug-likeness (QED) is 0.821. The minimum absolute atomic E-state index is 0.0835. The number of aromatic nitrogens is 1. The second kappa shape index (κ2) is 5.60. The van der Waals surface area contributed by atoms with Gasteiger partial charge in [0.05, 0.1) is 18.0 Å². The normalized spacial score (nSPS) is 22.0. The molecule has 2 saturated heterocycles. The Labute approximate surface area is 129 Å². The maximum atomic E-state index is 12.8. The van der Waals surface area contributed by atoms with E-state index in [-0.39, 0.29) is 10.8 Å². The first-order chi connectivity index (χ1) is 10.4. The maximum absolute atomic E-state index is 12.8. The molecule has 1 amide bonds. The summed E-state index contributed by atoms with van der Waals surface area (Å²) in [6, 6.07) is 3.06. The summed E-state index contributed by atoms with van der Waals surface area (Å²) in [6.45, 7) is 2.39. The lowest BCUT2D eigenvalue weighted by molar-refractivity contribution is -0.154. The molecule has 1 N–H and O–H groups in total. The molecule has 2 fully saturated rings. The predicted molar refractivity (Wildman–Crippen MR) is 80.5 cm³/mol. The van der Waals surface area contributed by atoms with Crippen LogP contribution in [0.3, 0.4) is 0 Å². The number of morpholine rings is 1.